The Kier molecular flexibility index (Phi) is 4.92. The summed E-state index contributed by atoms with van der Waals surface area (Å²) in [5.74, 6) is 0.903. The van der Waals surface area contributed by atoms with E-state index in [1.807, 2.05) is 18.2 Å². The largest absolute Gasteiger partial charge is 0.508 e. The molecule has 0 amide bonds. The molecule has 2 aromatic rings. The second-order valence-corrected chi connectivity index (χ2v) is 7.92. The van der Waals surface area contributed by atoms with Gasteiger partial charge in [0, 0.05) is 24.7 Å². The number of nitrogens with zero attached hydrogens (tertiary/aromatic N) is 1. The SMILES string of the molecule is CN(C)S(=O)(=O)c1cccc(CSc2ccc(O)cc2)c1. The van der Waals surface area contributed by atoms with Crippen molar-refractivity contribution in [3.63, 3.8) is 0 Å². The van der Waals surface area contributed by atoms with E-state index in [2.05, 4.69) is 0 Å². The van der Waals surface area contributed by atoms with E-state index in [1.54, 1.807) is 42.1 Å². The highest BCUT2D eigenvalue weighted by Gasteiger charge is 2.17. The third kappa shape index (κ3) is 4.00. The van der Waals surface area contributed by atoms with Crippen LogP contribution >= 0.6 is 11.8 Å². The summed E-state index contributed by atoms with van der Waals surface area (Å²) >= 11 is 1.59. The molecule has 0 unspecified atom stereocenters. The average molecular weight is 323 g/mol. The lowest BCUT2D eigenvalue weighted by molar-refractivity contribution is 0.475. The highest BCUT2D eigenvalue weighted by Crippen LogP contribution is 2.25. The lowest BCUT2D eigenvalue weighted by Gasteiger charge is -2.12. The van der Waals surface area contributed by atoms with Gasteiger partial charge < -0.3 is 5.11 Å². The predicted molar refractivity (Wildman–Crippen MR) is 85.0 cm³/mol. The molecule has 0 radical (unpaired) electrons. The number of hydrogen-bond donors (Lipinski definition) is 1. The summed E-state index contributed by atoms with van der Waals surface area (Å²) in [6.45, 7) is 0. The van der Waals surface area contributed by atoms with Crippen LogP contribution in [0.3, 0.4) is 0 Å². The molecule has 0 spiro atoms. The van der Waals surface area contributed by atoms with Crippen molar-refractivity contribution < 1.29 is 13.5 Å². The minimum atomic E-state index is -3.40. The Balaban J connectivity index is 2.13. The zero-order valence-electron chi connectivity index (χ0n) is 11.9. The van der Waals surface area contributed by atoms with E-state index in [0.717, 1.165) is 10.5 Å². The molecule has 0 saturated heterocycles. The normalized spacial score (nSPS) is 11.8. The average Bonchev–Trinajstić information content (AvgIpc) is 2.47. The van der Waals surface area contributed by atoms with E-state index in [4.69, 9.17) is 0 Å². The number of phenolic OH excluding ortho intramolecular Hbond substituents is 1. The smallest absolute Gasteiger partial charge is 0.242 e. The van der Waals surface area contributed by atoms with Gasteiger partial charge in [0.2, 0.25) is 10.0 Å². The molecule has 0 fully saturated rings. The quantitative estimate of drug-likeness (QED) is 0.860. The van der Waals surface area contributed by atoms with Crippen LogP contribution in [0.5, 0.6) is 5.75 Å². The summed E-state index contributed by atoms with van der Waals surface area (Å²) in [6, 6.07) is 13.9. The van der Waals surface area contributed by atoms with E-state index in [-0.39, 0.29) is 5.75 Å². The van der Waals surface area contributed by atoms with Crippen molar-refractivity contribution in [2.45, 2.75) is 15.5 Å². The van der Waals surface area contributed by atoms with Crippen LogP contribution in [-0.4, -0.2) is 31.9 Å². The van der Waals surface area contributed by atoms with Gasteiger partial charge in [0.15, 0.2) is 0 Å². The van der Waals surface area contributed by atoms with Crippen molar-refractivity contribution in [2.24, 2.45) is 0 Å². The molecule has 112 valence electrons. The third-order valence-corrected chi connectivity index (χ3v) is 5.81. The zero-order valence-corrected chi connectivity index (χ0v) is 13.5. The van der Waals surface area contributed by atoms with Gasteiger partial charge in [-0.1, -0.05) is 12.1 Å². The first kappa shape index (κ1) is 15.9. The Hall–Kier alpha value is -1.50. The van der Waals surface area contributed by atoms with Gasteiger partial charge in [-0.25, -0.2) is 12.7 Å². The Bertz CT molecular complexity index is 710. The van der Waals surface area contributed by atoms with Crippen molar-refractivity contribution >= 4 is 21.8 Å². The summed E-state index contributed by atoms with van der Waals surface area (Å²) in [5, 5.41) is 9.24. The molecular weight excluding hydrogens is 306 g/mol. The summed E-state index contributed by atoms with van der Waals surface area (Å²) in [6.07, 6.45) is 0. The first-order valence-corrected chi connectivity index (χ1v) is 8.75. The number of thioether (sulfide) groups is 1. The van der Waals surface area contributed by atoms with Crippen LogP contribution in [0.2, 0.25) is 0 Å². The van der Waals surface area contributed by atoms with E-state index < -0.39 is 10.0 Å². The van der Waals surface area contributed by atoms with Gasteiger partial charge in [-0.3, -0.25) is 0 Å². The Labute approximate surface area is 129 Å². The topological polar surface area (TPSA) is 57.6 Å². The van der Waals surface area contributed by atoms with Crippen LogP contribution in [0.15, 0.2) is 58.3 Å². The molecule has 0 heterocycles. The molecule has 1 N–H and O–H groups in total. The number of benzene rings is 2. The maximum Gasteiger partial charge on any atom is 0.242 e. The molecule has 0 bridgehead atoms. The van der Waals surface area contributed by atoms with Crippen LogP contribution in [0.1, 0.15) is 5.56 Å². The Morgan fingerprint density at radius 2 is 1.76 bits per heavy atom. The van der Waals surface area contributed by atoms with Crippen molar-refractivity contribution in [3.05, 3.63) is 54.1 Å². The number of aromatic hydroxyl groups is 1. The number of sulfonamides is 1. The number of hydrogen-bond acceptors (Lipinski definition) is 4. The summed E-state index contributed by atoms with van der Waals surface area (Å²) < 4.78 is 25.4. The van der Waals surface area contributed by atoms with E-state index in [1.165, 1.54) is 18.4 Å². The van der Waals surface area contributed by atoms with Crippen LogP contribution in [0.25, 0.3) is 0 Å². The van der Waals surface area contributed by atoms with Crippen LogP contribution in [-0.2, 0) is 15.8 Å². The molecule has 2 rings (SSSR count). The van der Waals surface area contributed by atoms with Crippen molar-refractivity contribution in [3.8, 4) is 5.75 Å². The standard InChI is InChI=1S/C15H17NO3S2/c1-16(2)21(18,19)15-5-3-4-12(10-15)11-20-14-8-6-13(17)7-9-14/h3-10,17H,11H2,1-2H3. The monoisotopic (exact) mass is 323 g/mol. The fraction of sp³-hybridized carbons (Fsp3) is 0.200. The fourth-order valence-electron chi connectivity index (χ4n) is 1.72. The van der Waals surface area contributed by atoms with Gasteiger partial charge in [-0.2, -0.15) is 0 Å². The van der Waals surface area contributed by atoms with Crippen molar-refractivity contribution in [1.82, 2.24) is 4.31 Å². The second-order valence-electron chi connectivity index (χ2n) is 4.72. The molecule has 0 aliphatic rings. The first-order chi connectivity index (χ1) is 9.89. The fourth-order valence-corrected chi connectivity index (χ4v) is 3.53. The lowest BCUT2D eigenvalue weighted by atomic mass is 10.2. The maximum absolute atomic E-state index is 12.1. The molecule has 0 aliphatic heterocycles. The highest BCUT2D eigenvalue weighted by molar-refractivity contribution is 7.98. The maximum atomic E-state index is 12.1. The van der Waals surface area contributed by atoms with Gasteiger partial charge in [0.05, 0.1) is 4.90 Å². The molecular formula is C15H17NO3S2. The van der Waals surface area contributed by atoms with Gasteiger partial charge >= 0.3 is 0 Å². The highest BCUT2D eigenvalue weighted by atomic mass is 32.2. The summed E-state index contributed by atoms with van der Waals surface area (Å²) in [5.41, 5.74) is 0.941. The molecule has 4 nitrogen and oxygen atoms in total. The minimum absolute atomic E-state index is 0.235. The van der Waals surface area contributed by atoms with Gasteiger partial charge in [-0.05, 0) is 42.0 Å². The molecule has 6 heteroatoms. The summed E-state index contributed by atoms with van der Waals surface area (Å²) in [7, 11) is -0.355. The Morgan fingerprint density at radius 3 is 2.38 bits per heavy atom. The molecule has 0 aliphatic carbocycles. The van der Waals surface area contributed by atoms with Gasteiger partial charge in [0.1, 0.15) is 5.75 Å². The lowest BCUT2D eigenvalue weighted by Crippen LogP contribution is -2.22. The van der Waals surface area contributed by atoms with Crippen LogP contribution in [0, 0.1) is 0 Å². The minimum Gasteiger partial charge on any atom is -0.508 e. The van der Waals surface area contributed by atoms with E-state index in [9.17, 15) is 13.5 Å². The molecule has 21 heavy (non-hydrogen) atoms. The molecule has 2 aromatic carbocycles. The van der Waals surface area contributed by atoms with E-state index >= 15 is 0 Å². The number of rotatable bonds is 5. The second kappa shape index (κ2) is 6.51. The van der Waals surface area contributed by atoms with Crippen LogP contribution < -0.4 is 0 Å². The molecule has 0 aromatic heterocycles. The number of phenols is 1. The van der Waals surface area contributed by atoms with Gasteiger partial charge in [-0.15, -0.1) is 11.8 Å². The molecule has 0 saturated carbocycles. The molecule has 0 atom stereocenters. The van der Waals surface area contributed by atoms with Crippen molar-refractivity contribution in [1.29, 1.82) is 0 Å². The van der Waals surface area contributed by atoms with Crippen molar-refractivity contribution in [2.75, 3.05) is 14.1 Å². The van der Waals surface area contributed by atoms with Crippen LogP contribution in [0.4, 0.5) is 0 Å². The summed E-state index contributed by atoms with van der Waals surface area (Å²) in [4.78, 5) is 1.32. The first-order valence-electron chi connectivity index (χ1n) is 6.33. The zero-order chi connectivity index (χ0) is 15.5. The van der Waals surface area contributed by atoms with Gasteiger partial charge in [0.25, 0.3) is 0 Å². The Morgan fingerprint density at radius 1 is 1.10 bits per heavy atom. The predicted octanol–water partition coefficient (Wildman–Crippen LogP) is 2.93. The third-order valence-electron chi connectivity index (χ3n) is 2.92. The van der Waals surface area contributed by atoms with E-state index in [0.29, 0.717) is 10.6 Å².